The largest absolute Gasteiger partial charge is 0.312 e. The minimum atomic E-state index is 0.603. The number of hydrogen-bond donors (Lipinski definition) is 1. The van der Waals surface area contributed by atoms with Gasteiger partial charge in [-0.3, -0.25) is 4.68 Å². The van der Waals surface area contributed by atoms with Gasteiger partial charge in [0.1, 0.15) is 0 Å². The molecule has 0 spiro atoms. The standard InChI is InChI=1S/C9H16N4/c1-2-8-6-13(12-11-8)7-9-4-3-5-10-9/h6,9-10H,2-5,7H2,1H3/t9-/m0/s1. The maximum Gasteiger partial charge on any atom is 0.0824 e. The summed E-state index contributed by atoms with van der Waals surface area (Å²) >= 11 is 0. The summed E-state index contributed by atoms with van der Waals surface area (Å²) in [7, 11) is 0. The molecule has 0 aromatic carbocycles. The highest BCUT2D eigenvalue weighted by Gasteiger charge is 2.14. The Kier molecular flexibility index (Phi) is 2.59. The van der Waals surface area contributed by atoms with Gasteiger partial charge in [-0.1, -0.05) is 12.1 Å². The monoisotopic (exact) mass is 180 g/mol. The molecule has 0 amide bonds. The van der Waals surface area contributed by atoms with Crippen LogP contribution in [0.2, 0.25) is 0 Å². The summed E-state index contributed by atoms with van der Waals surface area (Å²) < 4.78 is 1.95. The molecular formula is C9H16N4. The molecule has 1 N–H and O–H groups in total. The van der Waals surface area contributed by atoms with Crippen LogP contribution in [-0.2, 0) is 13.0 Å². The highest BCUT2D eigenvalue weighted by molar-refractivity contribution is 4.91. The van der Waals surface area contributed by atoms with E-state index in [0.29, 0.717) is 6.04 Å². The molecule has 1 fully saturated rings. The normalized spacial score (nSPS) is 22.4. The Morgan fingerprint density at radius 2 is 2.62 bits per heavy atom. The lowest BCUT2D eigenvalue weighted by molar-refractivity contribution is 0.466. The van der Waals surface area contributed by atoms with Crippen LogP contribution < -0.4 is 5.32 Å². The van der Waals surface area contributed by atoms with Gasteiger partial charge in [0.2, 0.25) is 0 Å². The molecule has 1 aliphatic rings. The van der Waals surface area contributed by atoms with Gasteiger partial charge in [0.25, 0.3) is 0 Å². The number of aryl methyl sites for hydroxylation is 1. The van der Waals surface area contributed by atoms with E-state index in [-0.39, 0.29) is 0 Å². The van der Waals surface area contributed by atoms with Crippen LogP contribution >= 0.6 is 0 Å². The van der Waals surface area contributed by atoms with Crippen molar-refractivity contribution in [3.63, 3.8) is 0 Å². The van der Waals surface area contributed by atoms with Crippen LogP contribution in [0.4, 0.5) is 0 Å². The average molecular weight is 180 g/mol. The van der Waals surface area contributed by atoms with Gasteiger partial charge in [-0.2, -0.15) is 0 Å². The van der Waals surface area contributed by atoms with Crippen molar-refractivity contribution in [1.82, 2.24) is 20.3 Å². The minimum Gasteiger partial charge on any atom is -0.312 e. The first-order chi connectivity index (χ1) is 6.38. The smallest absolute Gasteiger partial charge is 0.0824 e. The van der Waals surface area contributed by atoms with Crippen LogP contribution in [0.3, 0.4) is 0 Å². The summed E-state index contributed by atoms with van der Waals surface area (Å²) in [6.45, 7) is 4.22. The van der Waals surface area contributed by atoms with Gasteiger partial charge in [-0.05, 0) is 25.8 Å². The summed E-state index contributed by atoms with van der Waals surface area (Å²) in [6, 6.07) is 0.603. The van der Waals surface area contributed by atoms with Gasteiger partial charge in [0.15, 0.2) is 0 Å². The van der Waals surface area contributed by atoms with Crippen molar-refractivity contribution in [3.05, 3.63) is 11.9 Å². The molecule has 13 heavy (non-hydrogen) atoms. The predicted octanol–water partition coefficient (Wildman–Crippen LogP) is 0.592. The molecule has 1 saturated heterocycles. The van der Waals surface area contributed by atoms with Crippen molar-refractivity contribution in [2.75, 3.05) is 6.54 Å². The van der Waals surface area contributed by atoms with Gasteiger partial charge in [0, 0.05) is 12.2 Å². The van der Waals surface area contributed by atoms with Gasteiger partial charge in [-0.25, -0.2) is 0 Å². The highest BCUT2D eigenvalue weighted by atomic mass is 15.4. The van der Waals surface area contributed by atoms with Crippen molar-refractivity contribution in [2.45, 2.75) is 38.8 Å². The Hall–Kier alpha value is -0.900. The van der Waals surface area contributed by atoms with Crippen LogP contribution in [0, 0.1) is 0 Å². The Morgan fingerprint density at radius 1 is 1.69 bits per heavy atom. The first-order valence-electron chi connectivity index (χ1n) is 5.01. The molecule has 4 heteroatoms. The van der Waals surface area contributed by atoms with E-state index in [1.54, 1.807) is 0 Å². The fourth-order valence-corrected chi connectivity index (χ4v) is 1.73. The molecule has 0 radical (unpaired) electrons. The molecule has 1 atom stereocenters. The van der Waals surface area contributed by atoms with E-state index in [1.165, 1.54) is 12.8 Å². The molecular weight excluding hydrogens is 164 g/mol. The second-order valence-corrected chi connectivity index (χ2v) is 3.58. The van der Waals surface area contributed by atoms with Gasteiger partial charge in [0.05, 0.1) is 12.2 Å². The van der Waals surface area contributed by atoms with E-state index in [4.69, 9.17) is 0 Å². The third-order valence-electron chi connectivity index (χ3n) is 2.52. The van der Waals surface area contributed by atoms with Crippen LogP contribution in [0.5, 0.6) is 0 Å². The zero-order valence-electron chi connectivity index (χ0n) is 8.03. The lowest BCUT2D eigenvalue weighted by Crippen LogP contribution is -2.26. The number of aromatic nitrogens is 3. The lowest BCUT2D eigenvalue weighted by atomic mass is 10.2. The summed E-state index contributed by atoms with van der Waals surface area (Å²) in [5.41, 5.74) is 1.08. The van der Waals surface area contributed by atoms with Crippen LogP contribution in [0.15, 0.2) is 6.20 Å². The Morgan fingerprint density at radius 3 is 3.23 bits per heavy atom. The second-order valence-electron chi connectivity index (χ2n) is 3.58. The van der Waals surface area contributed by atoms with Gasteiger partial charge < -0.3 is 5.32 Å². The maximum absolute atomic E-state index is 4.08. The van der Waals surface area contributed by atoms with E-state index in [2.05, 4.69) is 22.6 Å². The molecule has 0 bridgehead atoms. The lowest BCUT2D eigenvalue weighted by Gasteiger charge is -2.08. The van der Waals surface area contributed by atoms with E-state index in [1.807, 2.05) is 10.9 Å². The molecule has 2 rings (SSSR count). The Bertz CT molecular complexity index is 262. The van der Waals surface area contributed by atoms with Gasteiger partial charge >= 0.3 is 0 Å². The van der Waals surface area contributed by atoms with Crippen molar-refractivity contribution >= 4 is 0 Å². The highest BCUT2D eigenvalue weighted by Crippen LogP contribution is 2.07. The zero-order valence-corrected chi connectivity index (χ0v) is 8.03. The third-order valence-corrected chi connectivity index (χ3v) is 2.52. The summed E-state index contributed by atoms with van der Waals surface area (Å²) in [5.74, 6) is 0. The fraction of sp³-hybridized carbons (Fsp3) is 0.778. The molecule has 0 unspecified atom stereocenters. The number of nitrogens with zero attached hydrogens (tertiary/aromatic N) is 3. The number of rotatable bonds is 3. The second kappa shape index (κ2) is 3.87. The van der Waals surface area contributed by atoms with E-state index < -0.39 is 0 Å². The van der Waals surface area contributed by atoms with Gasteiger partial charge in [-0.15, -0.1) is 5.10 Å². The Balaban J connectivity index is 1.92. The van der Waals surface area contributed by atoms with Crippen LogP contribution in [-0.4, -0.2) is 27.6 Å². The molecule has 1 aliphatic heterocycles. The van der Waals surface area contributed by atoms with Crippen molar-refractivity contribution in [3.8, 4) is 0 Å². The SMILES string of the molecule is CCc1cn(C[C@@H]2CCCN2)nn1. The van der Waals surface area contributed by atoms with Crippen molar-refractivity contribution < 1.29 is 0 Å². The summed E-state index contributed by atoms with van der Waals surface area (Å²) in [5, 5.41) is 11.6. The predicted molar refractivity (Wildman–Crippen MR) is 50.4 cm³/mol. The number of nitrogens with one attached hydrogen (secondary N) is 1. The average Bonchev–Trinajstić information content (AvgIpc) is 2.76. The van der Waals surface area contributed by atoms with Crippen LogP contribution in [0.25, 0.3) is 0 Å². The Labute approximate surface area is 78.3 Å². The van der Waals surface area contributed by atoms with E-state index >= 15 is 0 Å². The molecule has 1 aromatic heterocycles. The fourth-order valence-electron chi connectivity index (χ4n) is 1.73. The first-order valence-corrected chi connectivity index (χ1v) is 5.01. The third kappa shape index (κ3) is 2.06. The molecule has 1 aromatic rings. The molecule has 0 saturated carbocycles. The minimum absolute atomic E-state index is 0.603. The quantitative estimate of drug-likeness (QED) is 0.740. The number of hydrogen-bond acceptors (Lipinski definition) is 3. The van der Waals surface area contributed by atoms with E-state index in [9.17, 15) is 0 Å². The molecule has 4 nitrogen and oxygen atoms in total. The maximum atomic E-state index is 4.08. The van der Waals surface area contributed by atoms with E-state index in [0.717, 1.165) is 25.2 Å². The van der Waals surface area contributed by atoms with Crippen LogP contribution in [0.1, 0.15) is 25.5 Å². The van der Waals surface area contributed by atoms with Crippen molar-refractivity contribution in [2.24, 2.45) is 0 Å². The molecule has 0 aliphatic carbocycles. The first kappa shape index (κ1) is 8.69. The molecule has 2 heterocycles. The zero-order chi connectivity index (χ0) is 9.10. The van der Waals surface area contributed by atoms with Crippen molar-refractivity contribution in [1.29, 1.82) is 0 Å². The summed E-state index contributed by atoms with van der Waals surface area (Å²) in [4.78, 5) is 0. The topological polar surface area (TPSA) is 42.7 Å². The molecule has 72 valence electrons. The summed E-state index contributed by atoms with van der Waals surface area (Å²) in [6.07, 6.45) is 5.57.